The van der Waals surface area contributed by atoms with Crippen molar-refractivity contribution in [3.63, 3.8) is 0 Å². The summed E-state index contributed by atoms with van der Waals surface area (Å²) in [5, 5.41) is 4.02. The van der Waals surface area contributed by atoms with Crippen LogP contribution in [0.5, 0.6) is 0 Å². The van der Waals surface area contributed by atoms with E-state index in [1.807, 2.05) is 26.1 Å². The van der Waals surface area contributed by atoms with Crippen LogP contribution in [-0.2, 0) is 17.6 Å². The highest BCUT2D eigenvalue weighted by molar-refractivity contribution is 5.89. The average Bonchev–Trinajstić information content (AvgIpc) is 3.19. The Morgan fingerprint density at radius 2 is 2.24 bits per heavy atom. The molecule has 1 aliphatic rings. The van der Waals surface area contributed by atoms with Gasteiger partial charge in [-0.1, -0.05) is 5.16 Å². The van der Waals surface area contributed by atoms with E-state index in [0.29, 0.717) is 11.5 Å². The number of hydrogen-bond acceptors (Lipinski definition) is 6. The number of ether oxygens (including phenoxy) is 1. The number of nitrogens with zero attached hydrogens (tertiary/aromatic N) is 3. The molecule has 1 aliphatic heterocycles. The maximum absolute atomic E-state index is 11.6. The fraction of sp³-hybridized carbons (Fsp3) is 0.526. The third-order valence-corrected chi connectivity index (χ3v) is 4.97. The van der Waals surface area contributed by atoms with Gasteiger partial charge in [-0.2, -0.15) is 0 Å². The van der Waals surface area contributed by atoms with Crippen LogP contribution in [0.3, 0.4) is 0 Å². The second-order valence-electron chi connectivity index (χ2n) is 6.79. The molecule has 1 unspecified atom stereocenters. The van der Waals surface area contributed by atoms with Gasteiger partial charge in [-0.05, 0) is 57.2 Å². The minimum atomic E-state index is -0.332. The molecule has 1 saturated heterocycles. The van der Waals surface area contributed by atoms with E-state index in [1.165, 1.54) is 19.1 Å². The van der Waals surface area contributed by atoms with Crippen LogP contribution in [0.4, 0.5) is 0 Å². The highest BCUT2D eigenvalue weighted by Crippen LogP contribution is 2.22. The van der Waals surface area contributed by atoms with E-state index in [2.05, 4.69) is 15.0 Å². The number of carbonyl (C=O) groups excluding carboxylic acids is 1. The van der Waals surface area contributed by atoms with E-state index in [1.54, 1.807) is 6.20 Å². The molecule has 3 rings (SSSR count). The van der Waals surface area contributed by atoms with Crippen molar-refractivity contribution < 1.29 is 14.1 Å². The fourth-order valence-electron chi connectivity index (χ4n) is 3.57. The summed E-state index contributed by atoms with van der Waals surface area (Å²) >= 11 is 0. The molecule has 0 amide bonds. The van der Waals surface area contributed by atoms with Crippen LogP contribution in [0, 0.1) is 19.8 Å². The van der Waals surface area contributed by atoms with Gasteiger partial charge < -0.3 is 14.2 Å². The van der Waals surface area contributed by atoms with Gasteiger partial charge in [0.25, 0.3) is 0 Å². The maximum Gasteiger partial charge on any atom is 0.339 e. The van der Waals surface area contributed by atoms with Gasteiger partial charge in [0.05, 0.1) is 18.4 Å². The number of aryl methyl sites for hydroxylation is 2. The summed E-state index contributed by atoms with van der Waals surface area (Å²) in [4.78, 5) is 18.3. The zero-order chi connectivity index (χ0) is 17.8. The third kappa shape index (κ3) is 4.25. The normalized spacial score (nSPS) is 17.8. The monoisotopic (exact) mass is 343 g/mol. The summed E-state index contributed by atoms with van der Waals surface area (Å²) in [5.74, 6) is 1.19. The first-order valence-corrected chi connectivity index (χ1v) is 8.73. The van der Waals surface area contributed by atoms with E-state index >= 15 is 0 Å². The van der Waals surface area contributed by atoms with E-state index in [4.69, 9.17) is 9.26 Å². The molecule has 0 N–H and O–H groups in total. The molecule has 0 spiro atoms. The van der Waals surface area contributed by atoms with Gasteiger partial charge >= 0.3 is 5.97 Å². The van der Waals surface area contributed by atoms with E-state index < -0.39 is 0 Å². The predicted octanol–water partition coefficient (Wildman–Crippen LogP) is 2.58. The van der Waals surface area contributed by atoms with Crippen LogP contribution >= 0.6 is 0 Å². The number of esters is 1. The van der Waals surface area contributed by atoms with Crippen molar-refractivity contribution in [2.24, 2.45) is 5.92 Å². The van der Waals surface area contributed by atoms with Gasteiger partial charge in [0.15, 0.2) is 0 Å². The Kier molecular flexibility index (Phi) is 5.48. The van der Waals surface area contributed by atoms with Crippen LogP contribution < -0.4 is 0 Å². The van der Waals surface area contributed by atoms with Gasteiger partial charge in [-0.25, -0.2) is 4.79 Å². The summed E-state index contributed by atoms with van der Waals surface area (Å²) in [6.07, 6.45) is 6.50. The number of likely N-dealkylation sites (tertiary alicyclic amines) is 1. The van der Waals surface area contributed by atoms with Crippen molar-refractivity contribution in [1.29, 1.82) is 0 Å². The van der Waals surface area contributed by atoms with Crippen molar-refractivity contribution in [2.75, 3.05) is 26.7 Å². The Balaban J connectivity index is 1.52. The molecule has 0 saturated carbocycles. The summed E-state index contributed by atoms with van der Waals surface area (Å²) in [6, 6.07) is 1.89. The standard InChI is InChI=1S/C19H25N3O3/c1-13-18(14(2)25-21-13)5-7-22-6-4-15(12-22)8-16-9-17(11-20-10-16)19(23)24-3/h9-11,15H,4-8,12H2,1-3H3. The zero-order valence-corrected chi connectivity index (χ0v) is 15.1. The van der Waals surface area contributed by atoms with Crippen LogP contribution in [0.1, 0.15) is 39.4 Å². The minimum Gasteiger partial charge on any atom is -0.465 e. The maximum atomic E-state index is 11.6. The van der Waals surface area contributed by atoms with Gasteiger partial charge in [0, 0.05) is 31.0 Å². The first-order chi connectivity index (χ1) is 12.1. The lowest BCUT2D eigenvalue weighted by Crippen LogP contribution is -2.24. The molecule has 1 atom stereocenters. The molecule has 0 aromatic carbocycles. The Morgan fingerprint density at radius 3 is 2.96 bits per heavy atom. The number of aromatic nitrogens is 2. The Labute approximate surface area is 148 Å². The molecular weight excluding hydrogens is 318 g/mol. The summed E-state index contributed by atoms with van der Waals surface area (Å²) in [7, 11) is 1.39. The molecule has 6 heteroatoms. The third-order valence-electron chi connectivity index (χ3n) is 4.97. The van der Waals surface area contributed by atoms with Crippen LogP contribution in [-0.4, -0.2) is 47.8 Å². The van der Waals surface area contributed by atoms with E-state index in [9.17, 15) is 4.79 Å². The van der Waals surface area contributed by atoms with Gasteiger partial charge in [-0.15, -0.1) is 0 Å². The lowest BCUT2D eigenvalue weighted by molar-refractivity contribution is 0.0600. The smallest absolute Gasteiger partial charge is 0.339 e. The Bertz CT molecular complexity index is 722. The second-order valence-corrected chi connectivity index (χ2v) is 6.79. The average molecular weight is 343 g/mol. The molecule has 6 nitrogen and oxygen atoms in total. The van der Waals surface area contributed by atoms with Gasteiger partial charge in [-0.3, -0.25) is 4.98 Å². The number of carbonyl (C=O) groups is 1. The zero-order valence-electron chi connectivity index (χ0n) is 15.1. The van der Waals surface area contributed by atoms with Gasteiger partial charge in [0.2, 0.25) is 0 Å². The Morgan fingerprint density at radius 1 is 1.40 bits per heavy atom. The molecule has 0 radical (unpaired) electrons. The number of methoxy groups -OCH3 is 1. The number of pyridine rings is 1. The molecule has 134 valence electrons. The predicted molar refractivity (Wildman–Crippen MR) is 93.5 cm³/mol. The van der Waals surface area contributed by atoms with Crippen LogP contribution in [0.25, 0.3) is 0 Å². The highest BCUT2D eigenvalue weighted by atomic mass is 16.5. The largest absolute Gasteiger partial charge is 0.465 e. The highest BCUT2D eigenvalue weighted by Gasteiger charge is 2.23. The van der Waals surface area contributed by atoms with E-state index in [-0.39, 0.29) is 5.97 Å². The molecule has 2 aromatic heterocycles. The first-order valence-electron chi connectivity index (χ1n) is 8.73. The summed E-state index contributed by atoms with van der Waals surface area (Å²) in [6.45, 7) is 7.19. The van der Waals surface area contributed by atoms with Crippen molar-refractivity contribution in [3.05, 3.63) is 46.6 Å². The number of hydrogen-bond donors (Lipinski definition) is 0. The minimum absolute atomic E-state index is 0.332. The Hall–Kier alpha value is -2.21. The molecule has 1 fully saturated rings. The SMILES string of the molecule is COC(=O)c1cncc(CC2CCN(CCc3c(C)noc3C)C2)c1. The van der Waals surface area contributed by atoms with Crippen molar-refractivity contribution in [1.82, 2.24) is 15.0 Å². The van der Waals surface area contributed by atoms with Gasteiger partial charge in [0.1, 0.15) is 5.76 Å². The first kappa shape index (κ1) is 17.6. The molecule has 2 aromatic rings. The van der Waals surface area contributed by atoms with Crippen LogP contribution in [0.15, 0.2) is 23.0 Å². The molecule has 0 bridgehead atoms. The van der Waals surface area contributed by atoms with Crippen LogP contribution in [0.2, 0.25) is 0 Å². The van der Waals surface area contributed by atoms with Crippen molar-refractivity contribution in [3.8, 4) is 0 Å². The lowest BCUT2D eigenvalue weighted by Gasteiger charge is -2.16. The summed E-state index contributed by atoms with van der Waals surface area (Å²) < 4.78 is 10.0. The molecule has 25 heavy (non-hydrogen) atoms. The molecular formula is C19H25N3O3. The number of rotatable bonds is 6. The summed E-state index contributed by atoms with van der Waals surface area (Å²) in [5.41, 5.74) is 3.85. The molecule has 3 heterocycles. The van der Waals surface area contributed by atoms with Crippen molar-refractivity contribution in [2.45, 2.75) is 33.1 Å². The fourth-order valence-corrected chi connectivity index (χ4v) is 3.57. The van der Waals surface area contributed by atoms with Crippen molar-refractivity contribution >= 4 is 5.97 Å². The second kappa shape index (κ2) is 7.78. The quantitative estimate of drug-likeness (QED) is 0.751. The van der Waals surface area contributed by atoms with E-state index in [0.717, 1.165) is 49.5 Å². The lowest BCUT2D eigenvalue weighted by atomic mass is 9.99. The molecule has 0 aliphatic carbocycles. The topological polar surface area (TPSA) is 68.5 Å².